The molecule has 1 aromatic heterocycles. The molecule has 0 saturated heterocycles. The third-order valence-electron chi connectivity index (χ3n) is 2.78. The normalized spacial score (nSPS) is 10.4. The topological polar surface area (TPSA) is 84.4 Å². The highest BCUT2D eigenvalue weighted by Crippen LogP contribution is 2.18. The Hall–Kier alpha value is -2.34. The van der Waals surface area contributed by atoms with Gasteiger partial charge in [0.25, 0.3) is 5.91 Å². The molecule has 0 fully saturated rings. The van der Waals surface area contributed by atoms with Crippen molar-refractivity contribution in [3.05, 3.63) is 42.5 Å². The molecule has 0 aliphatic carbocycles. The lowest BCUT2D eigenvalue weighted by Gasteiger charge is -2.15. The molecular formula is C13H16N4O2. The maximum absolute atomic E-state index is 12.2. The van der Waals surface area contributed by atoms with Gasteiger partial charge >= 0.3 is 0 Å². The van der Waals surface area contributed by atoms with Crippen molar-refractivity contribution in [3.63, 3.8) is 0 Å². The molecule has 0 radical (unpaired) electrons. The highest BCUT2D eigenvalue weighted by atomic mass is 16.3. The van der Waals surface area contributed by atoms with Crippen LogP contribution in [0.4, 0.5) is 5.69 Å². The SMILES string of the molecule is CN(C(=O)c1cn(CCN)cn1)c1ccc(O)cc1. The third kappa shape index (κ3) is 2.92. The molecule has 0 unspecified atom stereocenters. The average molecular weight is 260 g/mol. The van der Waals surface area contributed by atoms with E-state index in [-0.39, 0.29) is 11.7 Å². The van der Waals surface area contributed by atoms with E-state index in [2.05, 4.69) is 4.98 Å². The van der Waals surface area contributed by atoms with Crippen molar-refractivity contribution in [1.82, 2.24) is 9.55 Å². The minimum atomic E-state index is -0.207. The van der Waals surface area contributed by atoms with Crippen LogP contribution in [0, 0.1) is 0 Å². The molecule has 1 aromatic carbocycles. The van der Waals surface area contributed by atoms with Gasteiger partial charge in [0, 0.05) is 32.0 Å². The fraction of sp³-hybridized carbons (Fsp3) is 0.231. The van der Waals surface area contributed by atoms with Gasteiger partial charge < -0.3 is 20.3 Å². The molecule has 0 saturated carbocycles. The number of phenols is 1. The number of carbonyl (C=O) groups is 1. The lowest BCUT2D eigenvalue weighted by molar-refractivity contribution is 0.0988. The Labute approximate surface area is 111 Å². The summed E-state index contributed by atoms with van der Waals surface area (Å²) >= 11 is 0. The average Bonchev–Trinajstić information content (AvgIpc) is 2.87. The highest BCUT2D eigenvalue weighted by molar-refractivity contribution is 6.04. The molecule has 6 nitrogen and oxygen atoms in total. The van der Waals surface area contributed by atoms with Gasteiger partial charge in [0.15, 0.2) is 0 Å². The van der Waals surface area contributed by atoms with E-state index in [4.69, 9.17) is 5.73 Å². The van der Waals surface area contributed by atoms with Gasteiger partial charge in [0.1, 0.15) is 11.4 Å². The van der Waals surface area contributed by atoms with Crippen LogP contribution < -0.4 is 10.6 Å². The first-order valence-electron chi connectivity index (χ1n) is 5.90. The first kappa shape index (κ1) is 13.1. The molecular weight excluding hydrogens is 244 g/mol. The lowest BCUT2D eigenvalue weighted by Crippen LogP contribution is -2.26. The van der Waals surface area contributed by atoms with Crippen molar-refractivity contribution in [3.8, 4) is 5.75 Å². The van der Waals surface area contributed by atoms with Crippen LogP contribution >= 0.6 is 0 Å². The van der Waals surface area contributed by atoms with Crippen molar-refractivity contribution in [1.29, 1.82) is 0 Å². The van der Waals surface area contributed by atoms with E-state index in [1.54, 1.807) is 36.3 Å². The Morgan fingerprint density at radius 1 is 1.42 bits per heavy atom. The smallest absolute Gasteiger partial charge is 0.278 e. The number of anilines is 1. The van der Waals surface area contributed by atoms with E-state index in [1.165, 1.54) is 17.0 Å². The van der Waals surface area contributed by atoms with E-state index in [9.17, 15) is 9.90 Å². The summed E-state index contributed by atoms with van der Waals surface area (Å²) < 4.78 is 1.78. The second kappa shape index (κ2) is 5.53. The quantitative estimate of drug-likeness (QED) is 0.852. The third-order valence-corrected chi connectivity index (χ3v) is 2.78. The molecule has 19 heavy (non-hydrogen) atoms. The van der Waals surface area contributed by atoms with Crippen molar-refractivity contribution in [2.45, 2.75) is 6.54 Å². The number of phenolic OH excluding ortho intramolecular Hbond substituents is 1. The van der Waals surface area contributed by atoms with E-state index in [1.807, 2.05) is 0 Å². The van der Waals surface area contributed by atoms with Crippen molar-refractivity contribution < 1.29 is 9.90 Å². The monoisotopic (exact) mass is 260 g/mol. The molecule has 0 atom stereocenters. The van der Waals surface area contributed by atoms with Crippen LogP contribution in [0.1, 0.15) is 10.5 Å². The maximum Gasteiger partial charge on any atom is 0.278 e. The number of aromatic hydroxyl groups is 1. The van der Waals surface area contributed by atoms with E-state index in [0.717, 1.165) is 0 Å². The maximum atomic E-state index is 12.2. The number of amides is 1. The van der Waals surface area contributed by atoms with Crippen LogP contribution in [0.15, 0.2) is 36.8 Å². The van der Waals surface area contributed by atoms with Gasteiger partial charge in [0.2, 0.25) is 0 Å². The molecule has 3 N–H and O–H groups in total. The Morgan fingerprint density at radius 3 is 2.74 bits per heavy atom. The summed E-state index contributed by atoms with van der Waals surface area (Å²) in [5, 5.41) is 9.23. The van der Waals surface area contributed by atoms with E-state index >= 15 is 0 Å². The van der Waals surface area contributed by atoms with Gasteiger partial charge in [-0.15, -0.1) is 0 Å². The number of benzene rings is 1. The second-order valence-corrected chi connectivity index (χ2v) is 4.17. The molecule has 1 heterocycles. The summed E-state index contributed by atoms with van der Waals surface area (Å²) in [7, 11) is 1.66. The van der Waals surface area contributed by atoms with Crippen LogP contribution in [0.25, 0.3) is 0 Å². The number of carbonyl (C=O) groups excluding carboxylic acids is 1. The Bertz CT molecular complexity index is 562. The summed E-state index contributed by atoms with van der Waals surface area (Å²) in [5.41, 5.74) is 6.50. The molecule has 100 valence electrons. The Kier molecular flexibility index (Phi) is 3.82. The molecule has 2 rings (SSSR count). The number of hydrogen-bond acceptors (Lipinski definition) is 4. The number of nitrogens with two attached hydrogens (primary N) is 1. The number of aromatic nitrogens is 2. The molecule has 0 aliphatic heterocycles. The number of nitrogens with zero attached hydrogens (tertiary/aromatic N) is 3. The fourth-order valence-electron chi connectivity index (χ4n) is 1.71. The first-order valence-corrected chi connectivity index (χ1v) is 5.90. The van der Waals surface area contributed by atoms with Crippen molar-refractivity contribution >= 4 is 11.6 Å². The zero-order valence-electron chi connectivity index (χ0n) is 10.7. The predicted molar refractivity (Wildman–Crippen MR) is 72.1 cm³/mol. The minimum absolute atomic E-state index is 0.164. The van der Waals surface area contributed by atoms with Crippen LogP contribution in [-0.4, -0.2) is 34.2 Å². The van der Waals surface area contributed by atoms with Gasteiger partial charge in [-0.3, -0.25) is 4.79 Å². The molecule has 2 aromatic rings. The van der Waals surface area contributed by atoms with Crippen molar-refractivity contribution in [2.24, 2.45) is 5.73 Å². The van der Waals surface area contributed by atoms with Crippen LogP contribution in [-0.2, 0) is 6.54 Å². The van der Waals surface area contributed by atoms with Crippen LogP contribution in [0.3, 0.4) is 0 Å². The van der Waals surface area contributed by atoms with E-state index < -0.39 is 0 Å². The summed E-state index contributed by atoms with van der Waals surface area (Å²) in [5.74, 6) is -0.0433. The standard InChI is InChI=1S/C13H16N4O2/c1-16(10-2-4-11(18)5-3-10)13(19)12-8-17(7-6-14)9-15-12/h2-5,8-9,18H,6-7,14H2,1H3. The minimum Gasteiger partial charge on any atom is -0.508 e. The molecule has 1 amide bonds. The first-order chi connectivity index (χ1) is 9.11. The largest absolute Gasteiger partial charge is 0.508 e. The van der Waals surface area contributed by atoms with E-state index in [0.29, 0.717) is 24.5 Å². The van der Waals surface area contributed by atoms with Gasteiger partial charge in [0.05, 0.1) is 6.33 Å². The van der Waals surface area contributed by atoms with Gasteiger partial charge in [-0.2, -0.15) is 0 Å². The number of hydrogen-bond donors (Lipinski definition) is 2. The summed E-state index contributed by atoms with van der Waals surface area (Å²) in [4.78, 5) is 17.8. The van der Waals surface area contributed by atoms with Crippen molar-refractivity contribution in [2.75, 3.05) is 18.5 Å². The molecule has 0 aliphatic rings. The van der Waals surface area contributed by atoms with Gasteiger partial charge in [-0.1, -0.05) is 0 Å². The zero-order valence-corrected chi connectivity index (χ0v) is 10.7. The summed E-state index contributed by atoms with van der Waals surface area (Å²) in [6, 6.07) is 6.41. The number of imidazole rings is 1. The van der Waals surface area contributed by atoms with Gasteiger partial charge in [-0.25, -0.2) is 4.98 Å². The van der Waals surface area contributed by atoms with Gasteiger partial charge in [-0.05, 0) is 24.3 Å². The predicted octanol–water partition coefficient (Wildman–Crippen LogP) is 0.824. The highest BCUT2D eigenvalue weighted by Gasteiger charge is 2.16. The molecule has 0 bridgehead atoms. The summed E-state index contributed by atoms with van der Waals surface area (Å²) in [6.45, 7) is 1.13. The Morgan fingerprint density at radius 2 is 2.11 bits per heavy atom. The van der Waals surface area contributed by atoms with Crippen LogP contribution in [0.5, 0.6) is 5.75 Å². The lowest BCUT2D eigenvalue weighted by atomic mass is 10.2. The molecule has 6 heteroatoms. The summed E-state index contributed by atoms with van der Waals surface area (Å²) in [6.07, 6.45) is 3.26. The van der Waals surface area contributed by atoms with Crippen LogP contribution in [0.2, 0.25) is 0 Å². The number of rotatable bonds is 4. The Balaban J connectivity index is 2.15. The second-order valence-electron chi connectivity index (χ2n) is 4.17. The molecule has 0 spiro atoms. The fourth-order valence-corrected chi connectivity index (χ4v) is 1.71. The zero-order chi connectivity index (χ0) is 13.8.